The molecule has 1 aromatic carbocycles. The lowest BCUT2D eigenvalue weighted by Gasteiger charge is -2.41. The number of nitrogens with one attached hydrogen (secondary N) is 2. The van der Waals surface area contributed by atoms with Crippen molar-refractivity contribution in [1.29, 1.82) is 0 Å². The Bertz CT molecular complexity index is 1080. The van der Waals surface area contributed by atoms with E-state index in [0.717, 1.165) is 5.56 Å². The van der Waals surface area contributed by atoms with Gasteiger partial charge in [0.2, 0.25) is 23.6 Å². The van der Waals surface area contributed by atoms with Crippen LogP contribution in [-0.4, -0.2) is 104 Å². The Kier molecular flexibility index (Phi) is 9.51. The zero-order valence-corrected chi connectivity index (χ0v) is 22.1. The summed E-state index contributed by atoms with van der Waals surface area (Å²) in [5, 5.41) is 33.8. The monoisotopic (exact) mass is 547 g/mol. The molecule has 2 aliphatic rings. The van der Waals surface area contributed by atoms with E-state index in [0.29, 0.717) is 19.3 Å². The average molecular weight is 548 g/mol. The summed E-state index contributed by atoms with van der Waals surface area (Å²) in [5.74, 6) is -2.79. The minimum atomic E-state index is -1.49. The maximum Gasteiger partial charge on any atom is 0.405 e. The van der Waals surface area contributed by atoms with Gasteiger partial charge in [0, 0.05) is 19.5 Å². The van der Waals surface area contributed by atoms with Crippen LogP contribution in [0.15, 0.2) is 30.3 Å². The van der Waals surface area contributed by atoms with Crippen LogP contribution in [-0.2, 0) is 25.6 Å². The number of primary amides is 1. The van der Waals surface area contributed by atoms with Crippen molar-refractivity contribution in [2.24, 2.45) is 5.73 Å². The first kappa shape index (κ1) is 29.8. The number of likely N-dealkylation sites (tertiary alicyclic amines) is 2. The Hall–Kier alpha value is -3.71. The van der Waals surface area contributed by atoms with Crippen molar-refractivity contribution < 1.29 is 39.3 Å². The third-order valence-corrected chi connectivity index (χ3v) is 7.44. The van der Waals surface area contributed by atoms with Gasteiger partial charge in [0.05, 0.1) is 12.2 Å². The van der Waals surface area contributed by atoms with Gasteiger partial charge >= 0.3 is 6.09 Å². The Morgan fingerprint density at radius 1 is 1.00 bits per heavy atom. The predicted molar refractivity (Wildman–Crippen MR) is 138 cm³/mol. The fourth-order valence-electron chi connectivity index (χ4n) is 5.51. The minimum Gasteiger partial charge on any atom is -0.465 e. The third-order valence-electron chi connectivity index (χ3n) is 7.44. The summed E-state index contributed by atoms with van der Waals surface area (Å²) >= 11 is 0. The van der Waals surface area contributed by atoms with Gasteiger partial charge in [-0.05, 0) is 45.1 Å². The highest BCUT2D eigenvalue weighted by atomic mass is 16.4. The number of amides is 5. The van der Waals surface area contributed by atoms with Crippen LogP contribution in [0.3, 0.4) is 0 Å². The maximum atomic E-state index is 14.1. The highest BCUT2D eigenvalue weighted by molar-refractivity contribution is 5.98. The molecular weight excluding hydrogens is 510 g/mol. The molecule has 214 valence electrons. The van der Waals surface area contributed by atoms with Gasteiger partial charge in [0.1, 0.15) is 23.7 Å². The van der Waals surface area contributed by atoms with E-state index in [2.05, 4.69) is 5.32 Å². The van der Waals surface area contributed by atoms with Crippen molar-refractivity contribution in [3.8, 4) is 0 Å². The molecule has 6 atom stereocenters. The molecule has 2 aliphatic heterocycles. The van der Waals surface area contributed by atoms with Crippen LogP contribution in [0, 0.1) is 0 Å². The van der Waals surface area contributed by atoms with E-state index in [9.17, 15) is 34.2 Å². The first-order chi connectivity index (χ1) is 18.4. The van der Waals surface area contributed by atoms with E-state index in [4.69, 9.17) is 10.8 Å². The SMILES string of the molecule is C[C@@H](O)[C@H](NC(=O)[C@@]1(Cc2ccccc2)CCCN1C(=O)C1CCCN1C(=O)[C@@H](NC(=O)O)[C@@H](C)O)C(N)=O. The third kappa shape index (κ3) is 6.48. The standard InChI is InChI=1S/C26H37N5O8/c1-15(32)19(21(27)34)28-24(37)26(14-17-8-4-3-5-9-17)11-7-13-31(26)22(35)18-10-6-12-30(18)23(36)20(16(2)33)29-25(38)39/h3-5,8-9,15-16,18-20,29,32-33H,6-7,10-14H2,1-2H3,(H2,27,34)(H,28,37)(H,38,39)/t15-,16-,18?,19+,20+,26+/m1/s1. The summed E-state index contributed by atoms with van der Waals surface area (Å²) in [4.78, 5) is 67.0. The molecule has 0 aliphatic carbocycles. The molecule has 2 saturated heterocycles. The number of carbonyl (C=O) groups excluding carboxylic acids is 4. The van der Waals surface area contributed by atoms with Crippen molar-refractivity contribution in [2.45, 2.75) is 81.8 Å². The van der Waals surface area contributed by atoms with Crippen LogP contribution in [0.25, 0.3) is 0 Å². The smallest absolute Gasteiger partial charge is 0.405 e. The molecule has 39 heavy (non-hydrogen) atoms. The molecule has 0 bridgehead atoms. The number of carbonyl (C=O) groups is 5. The Morgan fingerprint density at radius 2 is 1.64 bits per heavy atom. The minimum absolute atomic E-state index is 0.119. The predicted octanol–water partition coefficient (Wildman–Crippen LogP) is -1.05. The summed E-state index contributed by atoms with van der Waals surface area (Å²) in [7, 11) is 0. The molecule has 1 aromatic rings. The van der Waals surface area contributed by atoms with E-state index in [-0.39, 0.29) is 25.9 Å². The van der Waals surface area contributed by atoms with Gasteiger partial charge in [0.25, 0.3) is 0 Å². The topological polar surface area (TPSA) is 203 Å². The number of benzene rings is 1. The van der Waals surface area contributed by atoms with Gasteiger partial charge in [-0.3, -0.25) is 19.2 Å². The lowest BCUT2D eigenvalue weighted by Crippen LogP contribution is -2.65. The second-order valence-electron chi connectivity index (χ2n) is 10.2. The summed E-state index contributed by atoms with van der Waals surface area (Å²) in [6.07, 6.45) is -2.48. The quantitative estimate of drug-likeness (QED) is 0.213. The number of aliphatic hydroxyl groups excluding tert-OH is 2. The molecule has 13 heteroatoms. The zero-order valence-electron chi connectivity index (χ0n) is 22.1. The highest BCUT2D eigenvalue weighted by Crippen LogP contribution is 2.36. The first-order valence-corrected chi connectivity index (χ1v) is 13.0. The van der Waals surface area contributed by atoms with Gasteiger partial charge in [-0.2, -0.15) is 0 Å². The van der Waals surface area contributed by atoms with Crippen molar-refractivity contribution in [1.82, 2.24) is 20.4 Å². The molecule has 7 N–H and O–H groups in total. The first-order valence-electron chi connectivity index (χ1n) is 13.0. The molecular formula is C26H37N5O8. The van der Waals surface area contributed by atoms with E-state index < -0.39 is 65.6 Å². The Balaban J connectivity index is 1.96. The van der Waals surface area contributed by atoms with E-state index >= 15 is 0 Å². The van der Waals surface area contributed by atoms with Crippen molar-refractivity contribution in [3.63, 3.8) is 0 Å². The highest BCUT2D eigenvalue weighted by Gasteiger charge is 2.53. The van der Waals surface area contributed by atoms with Crippen molar-refractivity contribution in [2.75, 3.05) is 13.1 Å². The van der Waals surface area contributed by atoms with Crippen molar-refractivity contribution >= 4 is 29.7 Å². The number of aliphatic hydroxyl groups is 2. The Morgan fingerprint density at radius 3 is 2.21 bits per heavy atom. The maximum absolute atomic E-state index is 14.1. The lowest BCUT2D eigenvalue weighted by molar-refractivity contribution is -0.153. The molecule has 13 nitrogen and oxygen atoms in total. The fraction of sp³-hybridized carbons (Fsp3) is 0.577. The van der Waals surface area contributed by atoms with Gasteiger partial charge in [-0.25, -0.2) is 4.79 Å². The number of nitrogens with two attached hydrogens (primary N) is 1. The number of nitrogens with zero attached hydrogens (tertiary/aromatic N) is 2. The second kappa shape index (κ2) is 12.4. The lowest BCUT2D eigenvalue weighted by atomic mass is 9.86. The summed E-state index contributed by atoms with van der Waals surface area (Å²) in [5.41, 5.74) is 4.74. The molecule has 1 unspecified atom stereocenters. The number of hydrogen-bond acceptors (Lipinski definition) is 7. The molecule has 2 fully saturated rings. The average Bonchev–Trinajstić information content (AvgIpc) is 3.53. The summed E-state index contributed by atoms with van der Waals surface area (Å²) in [6, 6.07) is 5.23. The van der Waals surface area contributed by atoms with Crippen LogP contribution in [0.4, 0.5) is 4.79 Å². The number of hydrogen-bond donors (Lipinski definition) is 6. The Labute approximate surface area is 226 Å². The molecule has 5 amide bonds. The molecule has 0 radical (unpaired) electrons. The van der Waals surface area contributed by atoms with Gasteiger partial charge in [-0.1, -0.05) is 30.3 Å². The number of rotatable bonds is 10. The largest absolute Gasteiger partial charge is 0.465 e. The van der Waals surface area contributed by atoms with Crippen LogP contribution >= 0.6 is 0 Å². The van der Waals surface area contributed by atoms with E-state index in [1.165, 1.54) is 23.6 Å². The molecule has 3 rings (SSSR count). The summed E-state index contributed by atoms with van der Waals surface area (Å²) < 4.78 is 0. The van der Waals surface area contributed by atoms with Gasteiger partial charge in [-0.15, -0.1) is 0 Å². The molecule has 0 aromatic heterocycles. The van der Waals surface area contributed by atoms with Gasteiger partial charge in [0.15, 0.2) is 0 Å². The summed E-state index contributed by atoms with van der Waals surface area (Å²) in [6.45, 7) is 2.99. The molecule has 0 saturated carbocycles. The van der Waals surface area contributed by atoms with E-state index in [1.54, 1.807) is 12.1 Å². The normalized spacial score (nSPS) is 23.9. The second-order valence-corrected chi connectivity index (χ2v) is 10.2. The van der Waals surface area contributed by atoms with Crippen LogP contribution in [0.5, 0.6) is 0 Å². The molecule has 0 spiro atoms. The number of carboxylic acid groups (broad SMARTS) is 1. The van der Waals surface area contributed by atoms with E-state index in [1.807, 2.05) is 23.5 Å². The van der Waals surface area contributed by atoms with Crippen molar-refractivity contribution in [3.05, 3.63) is 35.9 Å². The zero-order chi connectivity index (χ0) is 28.9. The fourth-order valence-corrected chi connectivity index (χ4v) is 5.51. The van der Waals surface area contributed by atoms with Crippen LogP contribution < -0.4 is 16.4 Å². The van der Waals surface area contributed by atoms with Crippen LogP contribution in [0.2, 0.25) is 0 Å². The molecule has 2 heterocycles. The van der Waals surface area contributed by atoms with Gasteiger partial charge < -0.3 is 41.5 Å². The van der Waals surface area contributed by atoms with Crippen LogP contribution in [0.1, 0.15) is 45.1 Å².